The number of benzene rings is 3. The van der Waals surface area contributed by atoms with Crippen LogP contribution in [-0.4, -0.2) is 105 Å². The van der Waals surface area contributed by atoms with Gasteiger partial charge in [0, 0.05) is 48.4 Å². The summed E-state index contributed by atoms with van der Waals surface area (Å²) in [5.74, 6) is 0.253. The van der Waals surface area contributed by atoms with Gasteiger partial charge in [0.1, 0.15) is 29.5 Å². The Labute approximate surface area is 374 Å². The maximum atomic E-state index is 15.9. The minimum Gasteiger partial charge on any atom is -0.453 e. The van der Waals surface area contributed by atoms with E-state index >= 15 is 4.39 Å². The van der Waals surface area contributed by atoms with Gasteiger partial charge in [-0.1, -0.05) is 48.5 Å². The number of carbonyl (C=O) groups is 4. The van der Waals surface area contributed by atoms with Gasteiger partial charge in [-0.15, -0.1) is 0 Å². The van der Waals surface area contributed by atoms with E-state index in [-0.39, 0.29) is 23.8 Å². The van der Waals surface area contributed by atoms with Crippen LogP contribution in [0.5, 0.6) is 0 Å². The molecular weight excluding hydrogens is 834 g/mol. The van der Waals surface area contributed by atoms with E-state index in [4.69, 9.17) is 24.2 Å². The fourth-order valence-electron chi connectivity index (χ4n) is 9.34. The lowest BCUT2D eigenvalue weighted by atomic mass is 9.90. The van der Waals surface area contributed by atoms with Crippen molar-refractivity contribution in [3.05, 3.63) is 114 Å². The molecule has 3 aromatic heterocycles. The molecule has 0 radical (unpaired) electrons. The van der Waals surface area contributed by atoms with Crippen molar-refractivity contribution in [2.24, 2.45) is 5.92 Å². The summed E-state index contributed by atoms with van der Waals surface area (Å²) < 4.78 is 31.1. The van der Waals surface area contributed by atoms with E-state index in [9.17, 15) is 19.2 Å². The van der Waals surface area contributed by atoms with Crippen molar-refractivity contribution >= 4 is 34.9 Å². The molecule has 4 N–H and O–H groups in total. The molecule has 0 saturated carbocycles. The summed E-state index contributed by atoms with van der Waals surface area (Å²) in [7, 11) is 2.54. The highest BCUT2D eigenvalue weighted by atomic mass is 19.1. The van der Waals surface area contributed by atoms with Crippen molar-refractivity contribution in [1.82, 2.24) is 45.4 Å². The number of hydrogen-bond acceptors (Lipinski definition) is 10. The number of halogens is 1. The maximum Gasteiger partial charge on any atom is 0.407 e. The normalized spacial score (nSPS) is 18.6. The molecule has 3 aliphatic heterocycles. The molecule has 336 valence electrons. The van der Waals surface area contributed by atoms with Crippen LogP contribution in [0.2, 0.25) is 0 Å². The van der Waals surface area contributed by atoms with Gasteiger partial charge < -0.3 is 44.6 Å². The third-order valence-electron chi connectivity index (χ3n) is 12.7. The molecule has 65 heavy (non-hydrogen) atoms. The second kappa shape index (κ2) is 18.9. The number of ether oxygens (including phenoxy) is 3. The number of hydrogen-bond donors (Lipinski definition) is 4. The molecule has 3 aliphatic rings. The molecule has 0 bridgehead atoms. The third-order valence-corrected chi connectivity index (χ3v) is 12.7. The molecular formula is C48H50FN9O7. The predicted molar refractivity (Wildman–Crippen MR) is 237 cm³/mol. The van der Waals surface area contributed by atoms with E-state index in [1.54, 1.807) is 47.6 Å². The number of alkyl carbamates (subject to hydrolysis) is 2. The zero-order valence-corrected chi connectivity index (χ0v) is 36.1. The number of carbonyl (C=O) groups excluding carboxylic acids is 4. The van der Waals surface area contributed by atoms with Crippen LogP contribution in [0.3, 0.4) is 0 Å². The zero-order valence-electron chi connectivity index (χ0n) is 36.1. The van der Waals surface area contributed by atoms with Crippen molar-refractivity contribution in [2.75, 3.05) is 40.5 Å². The summed E-state index contributed by atoms with van der Waals surface area (Å²) in [5, 5.41) is 6.35. The Kier molecular flexibility index (Phi) is 12.5. The van der Waals surface area contributed by atoms with Crippen LogP contribution in [0.25, 0.3) is 44.7 Å². The number of likely N-dealkylation sites (tertiary alicyclic amines) is 2. The lowest BCUT2D eigenvalue weighted by Crippen LogP contribution is -2.53. The SMILES string of the molecule is COC(=O)N[C@H](C(=O)N1CCC[C@H]1c1ncc(-c2ccc3nc(-c4ccc(-c5cnc([C@@H]6CCCN6C(=O)[C@H](NC(=O)OC)c6ccccc6)[nH]5)c(F)c4)ccc3c2)[nH]1)C1CCOCC1. The highest BCUT2D eigenvalue weighted by Gasteiger charge is 2.41. The van der Waals surface area contributed by atoms with Crippen LogP contribution >= 0.6 is 0 Å². The second-order valence-electron chi connectivity index (χ2n) is 16.6. The third kappa shape index (κ3) is 9.00. The van der Waals surface area contributed by atoms with Gasteiger partial charge in [0.2, 0.25) is 5.91 Å². The van der Waals surface area contributed by atoms with Crippen molar-refractivity contribution in [3.8, 4) is 33.8 Å². The summed E-state index contributed by atoms with van der Waals surface area (Å²) in [6.07, 6.45) is 6.26. The Morgan fingerprint density at radius 3 is 2.08 bits per heavy atom. The number of rotatable bonds is 11. The molecule has 3 fully saturated rings. The molecule has 9 rings (SSSR count). The predicted octanol–water partition coefficient (Wildman–Crippen LogP) is 7.40. The monoisotopic (exact) mass is 883 g/mol. The highest BCUT2D eigenvalue weighted by Crippen LogP contribution is 2.37. The van der Waals surface area contributed by atoms with E-state index in [0.717, 1.165) is 41.4 Å². The Morgan fingerprint density at radius 2 is 1.38 bits per heavy atom. The van der Waals surface area contributed by atoms with Gasteiger partial charge >= 0.3 is 12.2 Å². The van der Waals surface area contributed by atoms with E-state index in [1.807, 2.05) is 47.4 Å². The van der Waals surface area contributed by atoms with Crippen LogP contribution in [0, 0.1) is 11.7 Å². The Balaban J connectivity index is 0.884. The molecule has 4 amide bonds. The second-order valence-corrected chi connectivity index (χ2v) is 16.6. The first-order valence-corrected chi connectivity index (χ1v) is 21.9. The van der Waals surface area contributed by atoms with Crippen molar-refractivity contribution in [2.45, 2.75) is 62.7 Å². The summed E-state index contributed by atoms with van der Waals surface area (Å²) in [5.41, 5.74) is 5.03. The fourth-order valence-corrected chi connectivity index (χ4v) is 9.34. The number of H-pyrrole nitrogens is 2. The average molecular weight is 884 g/mol. The van der Waals surface area contributed by atoms with Crippen LogP contribution in [0.1, 0.15) is 73.9 Å². The van der Waals surface area contributed by atoms with Gasteiger partial charge in [-0.25, -0.2) is 28.9 Å². The van der Waals surface area contributed by atoms with E-state index in [0.29, 0.717) is 85.3 Å². The Hall–Kier alpha value is -7.14. The molecule has 6 aromatic rings. The number of methoxy groups -OCH3 is 2. The van der Waals surface area contributed by atoms with Crippen LogP contribution in [0.15, 0.2) is 91.3 Å². The molecule has 16 nitrogen and oxygen atoms in total. The molecule has 0 spiro atoms. The Bertz CT molecular complexity index is 2700. The minimum atomic E-state index is -0.950. The molecule has 3 aromatic carbocycles. The van der Waals surface area contributed by atoms with Gasteiger partial charge in [0.15, 0.2) is 0 Å². The molecule has 4 atom stereocenters. The standard InChI is InChI=1S/C48H50FN9O7/c1-63-47(61)55-41(28-8-4-3-5-9-28)45(59)58-21-7-11-40(58)44-51-27-38(54-44)33-15-12-32(25-34(33)49)36-16-13-30-24-31(14-17-35(30)52-36)37-26-50-43(53-37)39-10-6-20-57(39)46(60)42(56-48(62)64-2)29-18-22-65-23-19-29/h3-5,8-9,12-17,24-27,29,39-42H,6-7,10-11,18-23H2,1-2H3,(H,50,53)(H,51,54)(H,55,61)(H,56,62)/t39-,40-,41+,42-/m0/s1. The lowest BCUT2D eigenvalue weighted by Gasteiger charge is -2.34. The first-order chi connectivity index (χ1) is 31.7. The minimum absolute atomic E-state index is 0.0558. The number of nitrogens with zero attached hydrogens (tertiary/aromatic N) is 5. The van der Waals surface area contributed by atoms with E-state index in [2.05, 4.69) is 25.6 Å². The van der Waals surface area contributed by atoms with Gasteiger partial charge in [-0.2, -0.15) is 0 Å². The summed E-state index contributed by atoms with van der Waals surface area (Å²) in [4.78, 5) is 76.9. The van der Waals surface area contributed by atoms with E-state index in [1.165, 1.54) is 20.3 Å². The smallest absolute Gasteiger partial charge is 0.407 e. The lowest BCUT2D eigenvalue weighted by molar-refractivity contribution is -0.137. The number of amides is 4. The van der Waals surface area contributed by atoms with Crippen LogP contribution < -0.4 is 10.6 Å². The quantitative estimate of drug-likeness (QED) is 0.102. The van der Waals surface area contributed by atoms with Gasteiger partial charge in [0.05, 0.1) is 61.3 Å². The van der Waals surface area contributed by atoms with Gasteiger partial charge in [-0.3, -0.25) is 9.59 Å². The zero-order chi connectivity index (χ0) is 45.0. The number of fused-ring (bicyclic) bond motifs is 1. The largest absolute Gasteiger partial charge is 0.453 e. The molecule has 17 heteroatoms. The maximum absolute atomic E-state index is 15.9. The van der Waals surface area contributed by atoms with Gasteiger partial charge in [0.25, 0.3) is 5.91 Å². The molecule has 0 unspecified atom stereocenters. The van der Waals surface area contributed by atoms with Crippen LogP contribution in [0.4, 0.5) is 14.0 Å². The number of imidazole rings is 2. The first-order valence-electron chi connectivity index (χ1n) is 21.9. The Morgan fingerprint density at radius 1 is 0.738 bits per heavy atom. The van der Waals surface area contributed by atoms with Crippen molar-refractivity contribution in [1.29, 1.82) is 0 Å². The van der Waals surface area contributed by atoms with Gasteiger partial charge in [-0.05, 0) is 80.3 Å². The fraction of sp³-hybridized carbons (Fsp3) is 0.354. The number of aromatic amines is 2. The molecule has 3 saturated heterocycles. The van der Waals surface area contributed by atoms with E-state index < -0.39 is 36.1 Å². The van der Waals surface area contributed by atoms with Crippen LogP contribution in [-0.2, 0) is 23.8 Å². The summed E-state index contributed by atoms with van der Waals surface area (Å²) in [6, 6.07) is 21.3. The van der Waals surface area contributed by atoms with Crippen molar-refractivity contribution < 1.29 is 37.8 Å². The summed E-state index contributed by atoms with van der Waals surface area (Å²) in [6.45, 7) is 2.10. The molecule has 0 aliphatic carbocycles. The molecule has 6 heterocycles. The number of pyridine rings is 1. The highest BCUT2D eigenvalue weighted by molar-refractivity contribution is 5.89. The van der Waals surface area contributed by atoms with Crippen molar-refractivity contribution in [3.63, 3.8) is 0 Å². The average Bonchev–Trinajstić information content (AvgIpc) is 4.20. The first kappa shape index (κ1) is 43.1. The number of nitrogens with one attached hydrogen (secondary N) is 4. The summed E-state index contributed by atoms with van der Waals surface area (Å²) >= 11 is 0. The number of aromatic nitrogens is 5. The topological polar surface area (TPSA) is 197 Å².